The van der Waals surface area contributed by atoms with Crippen molar-refractivity contribution in [3.8, 4) is 0 Å². The maximum atomic E-state index is 11.5. The van der Waals surface area contributed by atoms with E-state index in [0.29, 0.717) is 17.6 Å². The first-order chi connectivity index (χ1) is 6.27. The van der Waals surface area contributed by atoms with Crippen LogP contribution in [0.15, 0.2) is 0 Å². The highest BCUT2D eigenvalue weighted by Crippen LogP contribution is 2.33. The van der Waals surface area contributed by atoms with Gasteiger partial charge in [-0.15, -0.1) is 0 Å². The summed E-state index contributed by atoms with van der Waals surface area (Å²) in [5, 5.41) is 0. The summed E-state index contributed by atoms with van der Waals surface area (Å²) in [6.45, 7) is 4.43. The third-order valence-corrected chi connectivity index (χ3v) is 3.07. The van der Waals surface area contributed by atoms with E-state index in [1.54, 1.807) is 0 Å². The first kappa shape index (κ1) is 10.7. The lowest BCUT2D eigenvalue weighted by Crippen LogP contribution is -2.09. The molecule has 76 valence electrons. The van der Waals surface area contributed by atoms with Gasteiger partial charge in [0.15, 0.2) is 0 Å². The number of carbonyl (C=O) groups excluding carboxylic acids is 1. The lowest BCUT2D eigenvalue weighted by molar-refractivity contribution is -0.121. The molecule has 1 rings (SSSR count). The van der Waals surface area contributed by atoms with E-state index < -0.39 is 0 Å². The minimum Gasteiger partial charge on any atom is -0.299 e. The van der Waals surface area contributed by atoms with Crippen molar-refractivity contribution in [3.63, 3.8) is 0 Å². The maximum absolute atomic E-state index is 11.5. The molecule has 1 atom stereocenters. The molecule has 1 aliphatic carbocycles. The van der Waals surface area contributed by atoms with Crippen LogP contribution >= 0.6 is 0 Å². The van der Waals surface area contributed by atoms with E-state index in [1.165, 1.54) is 38.5 Å². The molecule has 1 nitrogen and oxygen atoms in total. The molecule has 1 aliphatic rings. The summed E-state index contributed by atoms with van der Waals surface area (Å²) in [6.07, 6.45) is 8.18. The zero-order valence-corrected chi connectivity index (χ0v) is 9.01. The van der Waals surface area contributed by atoms with E-state index in [4.69, 9.17) is 0 Å². The number of carbonyl (C=O) groups is 1. The molecule has 13 heavy (non-hydrogen) atoms. The van der Waals surface area contributed by atoms with E-state index in [-0.39, 0.29) is 0 Å². The average molecular weight is 182 g/mol. The Kier molecular flexibility index (Phi) is 4.47. The van der Waals surface area contributed by atoms with E-state index in [9.17, 15) is 4.79 Å². The SMILES string of the molecule is CCCCC(CC)CC(=O)C1CC1. The van der Waals surface area contributed by atoms with Gasteiger partial charge in [-0.1, -0.05) is 39.5 Å². The first-order valence-electron chi connectivity index (χ1n) is 5.80. The van der Waals surface area contributed by atoms with Crippen molar-refractivity contribution in [3.05, 3.63) is 0 Å². The second-order valence-corrected chi connectivity index (χ2v) is 4.36. The Labute approximate surface area is 81.9 Å². The molecule has 0 aromatic heterocycles. The predicted molar refractivity (Wildman–Crippen MR) is 55.7 cm³/mol. The van der Waals surface area contributed by atoms with Crippen LogP contribution in [0.25, 0.3) is 0 Å². The van der Waals surface area contributed by atoms with Gasteiger partial charge in [0.05, 0.1) is 0 Å². The van der Waals surface area contributed by atoms with Gasteiger partial charge in [-0.3, -0.25) is 4.79 Å². The molecular formula is C12H22O. The van der Waals surface area contributed by atoms with E-state index in [2.05, 4.69) is 13.8 Å². The normalized spacial score (nSPS) is 18.6. The summed E-state index contributed by atoms with van der Waals surface area (Å²) >= 11 is 0. The Morgan fingerprint density at radius 3 is 2.54 bits per heavy atom. The Bertz CT molecular complexity index is 159. The van der Waals surface area contributed by atoms with Crippen LogP contribution in [0.3, 0.4) is 0 Å². The van der Waals surface area contributed by atoms with Crippen molar-refractivity contribution < 1.29 is 4.79 Å². The molecular weight excluding hydrogens is 160 g/mol. The average Bonchev–Trinajstić information content (AvgIpc) is 2.94. The Morgan fingerprint density at radius 1 is 1.38 bits per heavy atom. The van der Waals surface area contributed by atoms with Crippen LogP contribution in [0.2, 0.25) is 0 Å². The summed E-state index contributed by atoms with van der Waals surface area (Å²) < 4.78 is 0. The maximum Gasteiger partial charge on any atom is 0.136 e. The van der Waals surface area contributed by atoms with Crippen LogP contribution in [0, 0.1) is 11.8 Å². The molecule has 0 saturated heterocycles. The van der Waals surface area contributed by atoms with Gasteiger partial charge in [0, 0.05) is 12.3 Å². The largest absolute Gasteiger partial charge is 0.299 e. The van der Waals surface area contributed by atoms with Crippen LogP contribution in [0.1, 0.15) is 58.8 Å². The Morgan fingerprint density at radius 2 is 2.08 bits per heavy atom. The van der Waals surface area contributed by atoms with Gasteiger partial charge in [0.2, 0.25) is 0 Å². The van der Waals surface area contributed by atoms with E-state index in [1.807, 2.05) is 0 Å². The van der Waals surface area contributed by atoms with Crippen molar-refractivity contribution in [1.29, 1.82) is 0 Å². The van der Waals surface area contributed by atoms with Crippen molar-refractivity contribution in [2.75, 3.05) is 0 Å². The molecule has 0 aromatic rings. The molecule has 0 aliphatic heterocycles. The molecule has 1 fully saturated rings. The smallest absolute Gasteiger partial charge is 0.136 e. The lowest BCUT2D eigenvalue weighted by Gasteiger charge is -2.12. The molecule has 0 radical (unpaired) electrons. The highest BCUT2D eigenvalue weighted by Gasteiger charge is 2.30. The third-order valence-electron chi connectivity index (χ3n) is 3.07. The minimum atomic E-state index is 0.468. The van der Waals surface area contributed by atoms with Crippen molar-refractivity contribution in [2.24, 2.45) is 11.8 Å². The predicted octanol–water partition coefficient (Wildman–Crippen LogP) is 3.57. The van der Waals surface area contributed by atoms with Gasteiger partial charge < -0.3 is 0 Å². The fraction of sp³-hybridized carbons (Fsp3) is 0.917. The van der Waals surface area contributed by atoms with Crippen LogP contribution in [-0.2, 0) is 4.79 Å². The topological polar surface area (TPSA) is 17.1 Å². The molecule has 0 aromatic carbocycles. The van der Waals surface area contributed by atoms with Crippen molar-refractivity contribution in [1.82, 2.24) is 0 Å². The van der Waals surface area contributed by atoms with Crippen molar-refractivity contribution in [2.45, 2.75) is 58.8 Å². The van der Waals surface area contributed by atoms with Crippen LogP contribution < -0.4 is 0 Å². The summed E-state index contributed by atoms with van der Waals surface area (Å²) in [5.74, 6) is 1.69. The number of hydrogen-bond acceptors (Lipinski definition) is 1. The number of Topliss-reactive ketones (excluding diaryl/α,β-unsaturated/α-hetero) is 1. The quantitative estimate of drug-likeness (QED) is 0.588. The summed E-state index contributed by atoms with van der Waals surface area (Å²) in [5.41, 5.74) is 0. The fourth-order valence-electron chi connectivity index (χ4n) is 1.80. The summed E-state index contributed by atoms with van der Waals surface area (Å²) in [6, 6.07) is 0. The number of hydrogen-bond donors (Lipinski definition) is 0. The van der Waals surface area contributed by atoms with Gasteiger partial charge in [-0.25, -0.2) is 0 Å². The lowest BCUT2D eigenvalue weighted by atomic mass is 9.92. The zero-order chi connectivity index (χ0) is 9.68. The van der Waals surface area contributed by atoms with E-state index >= 15 is 0 Å². The molecule has 0 bridgehead atoms. The highest BCUT2D eigenvalue weighted by molar-refractivity contribution is 5.83. The minimum absolute atomic E-state index is 0.468. The molecule has 0 amide bonds. The fourth-order valence-corrected chi connectivity index (χ4v) is 1.80. The third kappa shape index (κ3) is 3.93. The van der Waals surface area contributed by atoms with Gasteiger partial charge in [-0.05, 0) is 18.8 Å². The molecule has 0 N–H and O–H groups in total. The summed E-state index contributed by atoms with van der Waals surface area (Å²) in [7, 11) is 0. The number of ketones is 1. The zero-order valence-electron chi connectivity index (χ0n) is 9.01. The van der Waals surface area contributed by atoms with Gasteiger partial charge in [0.1, 0.15) is 5.78 Å². The van der Waals surface area contributed by atoms with Gasteiger partial charge >= 0.3 is 0 Å². The standard InChI is InChI=1S/C12H22O/c1-3-5-6-10(4-2)9-12(13)11-7-8-11/h10-11H,3-9H2,1-2H3. The van der Waals surface area contributed by atoms with E-state index in [0.717, 1.165) is 6.42 Å². The molecule has 1 saturated carbocycles. The highest BCUT2D eigenvalue weighted by atomic mass is 16.1. The molecule has 0 heterocycles. The van der Waals surface area contributed by atoms with Crippen molar-refractivity contribution >= 4 is 5.78 Å². The van der Waals surface area contributed by atoms with Crippen LogP contribution in [-0.4, -0.2) is 5.78 Å². The molecule has 0 spiro atoms. The molecule has 1 heteroatoms. The van der Waals surface area contributed by atoms with Crippen LogP contribution in [0.5, 0.6) is 0 Å². The molecule has 1 unspecified atom stereocenters. The van der Waals surface area contributed by atoms with Gasteiger partial charge in [0.25, 0.3) is 0 Å². The second kappa shape index (κ2) is 5.41. The number of rotatable bonds is 7. The summed E-state index contributed by atoms with van der Waals surface area (Å²) in [4.78, 5) is 11.5. The Hall–Kier alpha value is -0.330. The number of unbranched alkanes of at least 4 members (excludes halogenated alkanes) is 1. The first-order valence-corrected chi connectivity index (χ1v) is 5.80. The van der Waals surface area contributed by atoms with Gasteiger partial charge in [-0.2, -0.15) is 0 Å². The van der Waals surface area contributed by atoms with Crippen LogP contribution in [0.4, 0.5) is 0 Å². The Balaban J connectivity index is 2.17. The monoisotopic (exact) mass is 182 g/mol. The second-order valence-electron chi connectivity index (χ2n) is 4.36.